The molecule has 0 atom stereocenters. The maximum absolute atomic E-state index is 13.3. The van der Waals surface area contributed by atoms with Crippen LogP contribution in [0.15, 0.2) is 54.6 Å². The molecule has 1 aromatic heterocycles. The van der Waals surface area contributed by atoms with Crippen molar-refractivity contribution in [2.24, 2.45) is 0 Å². The van der Waals surface area contributed by atoms with Crippen molar-refractivity contribution in [3.63, 3.8) is 0 Å². The first-order valence-corrected chi connectivity index (χ1v) is 11.6. The van der Waals surface area contributed by atoms with Crippen LogP contribution in [0, 0.1) is 6.92 Å². The third-order valence-corrected chi connectivity index (χ3v) is 6.65. The monoisotopic (exact) mass is 443 g/mol. The number of aryl methyl sites for hydroxylation is 1. The highest BCUT2D eigenvalue weighted by molar-refractivity contribution is 5.94. The Bertz CT molecular complexity index is 1130. The van der Waals surface area contributed by atoms with Crippen molar-refractivity contribution in [3.05, 3.63) is 82.7 Å². The Morgan fingerprint density at radius 3 is 2.36 bits per heavy atom. The summed E-state index contributed by atoms with van der Waals surface area (Å²) in [6.45, 7) is 6.02. The Morgan fingerprint density at radius 1 is 0.909 bits per heavy atom. The molecule has 0 radical (unpaired) electrons. The van der Waals surface area contributed by atoms with Crippen molar-refractivity contribution in [1.29, 1.82) is 0 Å². The number of amides is 2. The highest BCUT2D eigenvalue weighted by Gasteiger charge is 2.31. The zero-order valence-corrected chi connectivity index (χ0v) is 19.0. The molecule has 0 unspecified atom stereocenters. The topological polar surface area (TPSA) is 72.5 Å². The molecule has 33 heavy (non-hydrogen) atoms. The van der Waals surface area contributed by atoms with Gasteiger partial charge in [-0.1, -0.05) is 48.0 Å². The van der Waals surface area contributed by atoms with Crippen LogP contribution in [0.25, 0.3) is 0 Å². The molecule has 1 N–H and O–H groups in total. The first-order chi connectivity index (χ1) is 16.1. The predicted octanol–water partition coefficient (Wildman–Crippen LogP) is 2.81. The molecule has 2 amide bonds. The number of aromatic amines is 1. The van der Waals surface area contributed by atoms with E-state index in [9.17, 15) is 9.59 Å². The normalized spacial score (nSPS) is 16.0. The van der Waals surface area contributed by atoms with Gasteiger partial charge in [-0.15, -0.1) is 0 Å². The molecule has 2 aliphatic heterocycles. The number of hydrogen-bond acceptors (Lipinski definition) is 4. The summed E-state index contributed by atoms with van der Waals surface area (Å²) in [5.41, 5.74) is 5.68. The second-order valence-corrected chi connectivity index (χ2v) is 8.87. The van der Waals surface area contributed by atoms with Crippen molar-refractivity contribution in [1.82, 2.24) is 20.0 Å². The van der Waals surface area contributed by atoms with Gasteiger partial charge < -0.3 is 14.7 Å². The molecule has 7 heteroatoms. The van der Waals surface area contributed by atoms with Gasteiger partial charge in [0, 0.05) is 62.6 Å². The summed E-state index contributed by atoms with van der Waals surface area (Å²) in [6, 6.07) is 18.4. The van der Waals surface area contributed by atoms with Gasteiger partial charge in [0.15, 0.2) is 5.69 Å². The van der Waals surface area contributed by atoms with Crippen molar-refractivity contribution >= 4 is 17.5 Å². The molecule has 2 aliphatic rings. The van der Waals surface area contributed by atoms with Gasteiger partial charge in [0.1, 0.15) is 0 Å². The first kappa shape index (κ1) is 21.2. The van der Waals surface area contributed by atoms with Crippen molar-refractivity contribution in [2.45, 2.75) is 26.3 Å². The molecular formula is C26H29N5O2. The van der Waals surface area contributed by atoms with Crippen molar-refractivity contribution in [2.75, 3.05) is 37.6 Å². The van der Waals surface area contributed by atoms with E-state index in [4.69, 9.17) is 0 Å². The summed E-state index contributed by atoms with van der Waals surface area (Å²) in [5.74, 6) is 0.0358. The molecular weight excluding hydrogens is 414 g/mol. The number of nitrogens with zero attached hydrogens (tertiary/aromatic N) is 4. The van der Waals surface area contributed by atoms with Gasteiger partial charge in [-0.2, -0.15) is 5.10 Å². The number of fused-ring (bicyclic) bond motifs is 1. The molecule has 0 aliphatic carbocycles. The Morgan fingerprint density at radius 2 is 1.64 bits per heavy atom. The minimum Gasteiger partial charge on any atom is -0.368 e. The lowest BCUT2D eigenvalue weighted by atomic mass is 10.0. The number of carbonyl (C=O) groups is 2. The Kier molecular flexibility index (Phi) is 5.86. The first-order valence-electron chi connectivity index (χ1n) is 11.6. The lowest BCUT2D eigenvalue weighted by molar-refractivity contribution is -0.131. The standard InChI is InChI=1S/C26H29N5O2/c1-19-7-9-20(10-8-19)17-24(32)31-12-11-23-22(18-31)25(28-27-23)26(33)30-15-13-29(14-16-30)21-5-3-2-4-6-21/h2-10H,11-18H2,1H3,(H,27,28). The van der Waals surface area contributed by atoms with Crippen molar-refractivity contribution < 1.29 is 9.59 Å². The minimum atomic E-state index is -0.0481. The molecule has 3 heterocycles. The number of anilines is 1. The van der Waals surface area contributed by atoms with Crippen LogP contribution in [0.4, 0.5) is 5.69 Å². The largest absolute Gasteiger partial charge is 0.368 e. The lowest BCUT2D eigenvalue weighted by Gasteiger charge is -2.36. The summed E-state index contributed by atoms with van der Waals surface area (Å²) < 4.78 is 0. The number of piperazine rings is 1. The van der Waals surface area contributed by atoms with Gasteiger partial charge in [-0.3, -0.25) is 14.7 Å². The van der Waals surface area contributed by atoms with Crippen molar-refractivity contribution in [3.8, 4) is 0 Å². The number of rotatable bonds is 4. The van der Waals surface area contributed by atoms with Gasteiger partial charge in [-0.25, -0.2) is 0 Å². The number of hydrogen-bond donors (Lipinski definition) is 1. The zero-order valence-electron chi connectivity index (χ0n) is 19.0. The van der Waals surface area contributed by atoms with Crippen LogP contribution in [0.5, 0.6) is 0 Å². The predicted molar refractivity (Wildman–Crippen MR) is 127 cm³/mol. The van der Waals surface area contributed by atoms with Gasteiger partial charge in [-0.05, 0) is 24.6 Å². The molecule has 1 fully saturated rings. The molecule has 2 aromatic carbocycles. The summed E-state index contributed by atoms with van der Waals surface area (Å²) >= 11 is 0. The van der Waals surface area contributed by atoms with E-state index in [1.54, 1.807) is 0 Å². The second-order valence-electron chi connectivity index (χ2n) is 8.87. The highest BCUT2D eigenvalue weighted by Crippen LogP contribution is 2.23. The fourth-order valence-electron chi connectivity index (χ4n) is 4.63. The van der Waals surface area contributed by atoms with Crippen LogP contribution in [-0.4, -0.2) is 64.5 Å². The number of aromatic nitrogens is 2. The van der Waals surface area contributed by atoms with Gasteiger partial charge in [0.05, 0.1) is 6.42 Å². The maximum atomic E-state index is 13.3. The molecule has 7 nitrogen and oxygen atoms in total. The summed E-state index contributed by atoms with van der Waals surface area (Å²) in [6.07, 6.45) is 1.06. The summed E-state index contributed by atoms with van der Waals surface area (Å²) in [4.78, 5) is 32.3. The van der Waals surface area contributed by atoms with Crippen LogP contribution in [0.1, 0.15) is 32.9 Å². The smallest absolute Gasteiger partial charge is 0.274 e. The molecule has 0 spiro atoms. The van der Waals surface area contributed by atoms with E-state index < -0.39 is 0 Å². The van der Waals surface area contributed by atoms with Gasteiger partial charge in [0.2, 0.25) is 5.91 Å². The SMILES string of the molecule is Cc1ccc(CC(=O)N2CCc3[nH]nc(C(=O)N4CCN(c5ccccc5)CC4)c3C2)cc1. The fourth-order valence-corrected chi connectivity index (χ4v) is 4.63. The van der Waals surface area contributed by atoms with Crippen LogP contribution in [0.2, 0.25) is 0 Å². The van der Waals surface area contributed by atoms with E-state index in [-0.39, 0.29) is 11.8 Å². The van der Waals surface area contributed by atoms with E-state index in [0.29, 0.717) is 44.7 Å². The van der Waals surface area contributed by atoms with Gasteiger partial charge in [0.25, 0.3) is 5.91 Å². The highest BCUT2D eigenvalue weighted by atomic mass is 16.2. The number of para-hydroxylation sites is 1. The Hall–Kier alpha value is -3.61. The third kappa shape index (κ3) is 4.49. The summed E-state index contributed by atoms with van der Waals surface area (Å²) in [5, 5.41) is 7.42. The summed E-state index contributed by atoms with van der Waals surface area (Å²) in [7, 11) is 0. The van der Waals surface area contributed by atoms with E-state index in [1.807, 2.05) is 59.2 Å². The molecule has 0 saturated carbocycles. The third-order valence-electron chi connectivity index (χ3n) is 6.65. The lowest BCUT2D eigenvalue weighted by Crippen LogP contribution is -2.49. The van der Waals surface area contributed by atoms with Crippen LogP contribution in [0.3, 0.4) is 0 Å². The average Bonchev–Trinajstić information content (AvgIpc) is 3.29. The maximum Gasteiger partial charge on any atom is 0.274 e. The van der Waals surface area contributed by atoms with E-state index in [1.165, 1.54) is 11.3 Å². The number of carbonyl (C=O) groups excluding carboxylic acids is 2. The van der Waals surface area contributed by atoms with Crippen LogP contribution in [-0.2, 0) is 24.2 Å². The molecule has 5 rings (SSSR count). The molecule has 170 valence electrons. The number of benzene rings is 2. The second kappa shape index (κ2) is 9.10. The average molecular weight is 444 g/mol. The van der Waals surface area contributed by atoms with Gasteiger partial charge >= 0.3 is 0 Å². The minimum absolute atomic E-state index is 0.0481. The van der Waals surface area contributed by atoms with E-state index in [0.717, 1.165) is 29.9 Å². The van der Waals surface area contributed by atoms with Crippen LogP contribution >= 0.6 is 0 Å². The molecule has 1 saturated heterocycles. The molecule has 0 bridgehead atoms. The number of H-pyrrole nitrogens is 1. The van der Waals surface area contributed by atoms with Crippen LogP contribution < -0.4 is 4.90 Å². The Balaban J connectivity index is 1.24. The Labute approximate surface area is 194 Å². The zero-order chi connectivity index (χ0) is 22.8. The molecule has 3 aromatic rings. The van der Waals surface area contributed by atoms with E-state index >= 15 is 0 Å². The fraction of sp³-hybridized carbons (Fsp3) is 0.346. The number of nitrogens with one attached hydrogen (secondary N) is 1. The van der Waals surface area contributed by atoms with E-state index in [2.05, 4.69) is 27.2 Å². The quantitative estimate of drug-likeness (QED) is 0.673.